The molecule has 1 atom stereocenters. The fourth-order valence-electron chi connectivity index (χ4n) is 1.40. The van der Waals surface area contributed by atoms with E-state index >= 15 is 0 Å². The van der Waals surface area contributed by atoms with Crippen LogP contribution in [0, 0.1) is 0 Å². The molecule has 1 rings (SSSR count). The van der Waals surface area contributed by atoms with Gasteiger partial charge in [0.05, 0.1) is 6.61 Å². The summed E-state index contributed by atoms with van der Waals surface area (Å²) < 4.78 is 5.28. The lowest BCUT2D eigenvalue weighted by molar-refractivity contribution is 0.159. The Kier molecular flexibility index (Phi) is 3.16. The van der Waals surface area contributed by atoms with E-state index in [0.29, 0.717) is 6.04 Å². The van der Waals surface area contributed by atoms with Crippen LogP contribution in [0.2, 0.25) is 0 Å². The molecule has 1 unspecified atom stereocenters. The molecule has 0 bridgehead atoms. The number of rotatable bonds is 3. The normalized spacial score (nSPS) is 26.1. The highest BCUT2D eigenvalue weighted by atomic mass is 16.5. The van der Waals surface area contributed by atoms with Crippen molar-refractivity contribution in [3.63, 3.8) is 0 Å². The van der Waals surface area contributed by atoms with E-state index in [2.05, 4.69) is 18.9 Å². The highest BCUT2D eigenvalue weighted by Gasteiger charge is 2.18. The van der Waals surface area contributed by atoms with Crippen LogP contribution in [0.25, 0.3) is 0 Å². The van der Waals surface area contributed by atoms with Crippen molar-refractivity contribution in [2.75, 3.05) is 26.8 Å². The van der Waals surface area contributed by atoms with E-state index in [0.717, 1.165) is 13.2 Å². The molecule has 1 aliphatic heterocycles. The van der Waals surface area contributed by atoms with Gasteiger partial charge >= 0.3 is 0 Å². The molecule has 0 amide bonds. The van der Waals surface area contributed by atoms with Gasteiger partial charge in [0.1, 0.15) is 0 Å². The Morgan fingerprint density at radius 1 is 1.60 bits per heavy atom. The van der Waals surface area contributed by atoms with Crippen LogP contribution >= 0.6 is 0 Å². The Bertz CT molecular complexity index is 89.3. The second-order valence-electron chi connectivity index (χ2n) is 3.00. The van der Waals surface area contributed by atoms with Gasteiger partial charge in [0.25, 0.3) is 0 Å². The monoisotopic (exact) mass is 143 g/mol. The number of ether oxygens (including phenoxy) is 1. The molecule has 1 fully saturated rings. The number of likely N-dealkylation sites (N-methyl/N-ethyl adjacent to an activating group) is 1. The van der Waals surface area contributed by atoms with Gasteiger partial charge in [-0.25, -0.2) is 0 Å². The zero-order valence-corrected chi connectivity index (χ0v) is 6.97. The molecule has 60 valence electrons. The van der Waals surface area contributed by atoms with Crippen LogP contribution in [0.3, 0.4) is 0 Å². The first kappa shape index (κ1) is 8.02. The molecule has 0 aromatic carbocycles. The second-order valence-corrected chi connectivity index (χ2v) is 3.00. The topological polar surface area (TPSA) is 12.5 Å². The molecule has 2 nitrogen and oxygen atoms in total. The highest BCUT2D eigenvalue weighted by Crippen LogP contribution is 2.10. The van der Waals surface area contributed by atoms with Gasteiger partial charge in [-0.05, 0) is 26.4 Å². The lowest BCUT2D eigenvalue weighted by Crippen LogP contribution is -2.32. The van der Waals surface area contributed by atoms with E-state index in [1.54, 1.807) is 0 Å². The van der Waals surface area contributed by atoms with Crippen LogP contribution in [-0.4, -0.2) is 37.7 Å². The summed E-state index contributed by atoms with van der Waals surface area (Å²) in [6.07, 6.45) is 2.46. The van der Waals surface area contributed by atoms with E-state index < -0.39 is 0 Å². The molecule has 1 saturated heterocycles. The average Bonchev–Trinajstić information content (AvgIpc) is 2.38. The maximum atomic E-state index is 5.28. The zero-order valence-electron chi connectivity index (χ0n) is 6.97. The largest absolute Gasteiger partial charge is 0.380 e. The lowest BCUT2D eigenvalue weighted by Gasteiger charge is -2.21. The molecule has 1 heterocycles. The third-order valence-electron chi connectivity index (χ3n) is 2.11. The van der Waals surface area contributed by atoms with E-state index in [1.165, 1.54) is 19.4 Å². The minimum atomic E-state index is 0.694. The maximum Gasteiger partial charge on any atom is 0.0622 e. The molecule has 1 aliphatic rings. The summed E-state index contributed by atoms with van der Waals surface area (Å²) in [7, 11) is 2.18. The fourth-order valence-corrected chi connectivity index (χ4v) is 1.40. The van der Waals surface area contributed by atoms with Crippen molar-refractivity contribution in [1.29, 1.82) is 0 Å². The van der Waals surface area contributed by atoms with E-state index in [9.17, 15) is 0 Å². The summed E-state index contributed by atoms with van der Waals surface area (Å²) in [5, 5.41) is 0. The first-order valence-corrected chi connectivity index (χ1v) is 4.12. The van der Waals surface area contributed by atoms with Crippen molar-refractivity contribution >= 4 is 0 Å². The molecule has 10 heavy (non-hydrogen) atoms. The van der Waals surface area contributed by atoms with E-state index in [1.807, 2.05) is 0 Å². The lowest BCUT2D eigenvalue weighted by atomic mass is 10.2. The summed E-state index contributed by atoms with van der Waals surface area (Å²) in [5.74, 6) is 0. The van der Waals surface area contributed by atoms with Crippen molar-refractivity contribution in [1.82, 2.24) is 4.90 Å². The van der Waals surface area contributed by atoms with Crippen LogP contribution in [0.1, 0.15) is 19.8 Å². The molecule has 0 aliphatic carbocycles. The summed E-state index contributed by atoms with van der Waals surface area (Å²) in [4.78, 5) is 2.40. The van der Waals surface area contributed by atoms with Crippen LogP contribution in [0.15, 0.2) is 0 Å². The van der Waals surface area contributed by atoms with Crippen LogP contribution in [0.4, 0.5) is 0 Å². The van der Waals surface area contributed by atoms with Crippen molar-refractivity contribution < 1.29 is 4.74 Å². The molecule has 0 saturated carbocycles. The Balaban J connectivity index is 2.18. The fraction of sp³-hybridized carbons (Fsp3) is 1.00. The van der Waals surface area contributed by atoms with Crippen LogP contribution in [-0.2, 0) is 4.74 Å². The van der Waals surface area contributed by atoms with Gasteiger partial charge in [-0.2, -0.15) is 0 Å². The predicted octanol–water partition coefficient (Wildman–Crippen LogP) is 1.12. The maximum absolute atomic E-state index is 5.28. The molecule has 2 heteroatoms. The molecule has 0 radical (unpaired) electrons. The Labute approximate surface area is 63.2 Å². The molecule has 0 aromatic rings. The van der Waals surface area contributed by atoms with Gasteiger partial charge in [0.15, 0.2) is 0 Å². The molecular weight excluding hydrogens is 126 g/mol. The van der Waals surface area contributed by atoms with Crippen molar-refractivity contribution in [3.8, 4) is 0 Å². The Morgan fingerprint density at radius 3 is 2.90 bits per heavy atom. The van der Waals surface area contributed by atoms with Gasteiger partial charge in [-0.1, -0.05) is 6.92 Å². The molecule has 0 spiro atoms. The van der Waals surface area contributed by atoms with E-state index in [4.69, 9.17) is 4.74 Å². The number of nitrogens with zero attached hydrogens (tertiary/aromatic N) is 1. The Morgan fingerprint density at radius 2 is 2.40 bits per heavy atom. The highest BCUT2D eigenvalue weighted by molar-refractivity contribution is 4.72. The minimum absolute atomic E-state index is 0.694. The van der Waals surface area contributed by atoms with Crippen molar-refractivity contribution in [3.05, 3.63) is 0 Å². The molecule has 0 aromatic heterocycles. The average molecular weight is 143 g/mol. The third kappa shape index (κ3) is 1.96. The molecule has 0 N–H and O–H groups in total. The predicted molar refractivity (Wildman–Crippen MR) is 42.1 cm³/mol. The first-order valence-electron chi connectivity index (χ1n) is 4.12. The zero-order chi connectivity index (χ0) is 7.40. The summed E-state index contributed by atoms with van der Waals surface area (Å²) in [6.45, 7) is 5.32. The van der Waals surface area contributed by atoms with Gasteiger partial charge < -0.3 is 9.64 Å². The first-order chi connectivity index (χ1) is 4.84. The van der Waals surface area contributed by atoms with Crippen molar-refractivity contribution in [2.45, 2.75) is 25.8 Å². The minimum Gasteiger partial charge on any atom is -0.380 e. The number of hydrogen-bond acceptors (Lipinski definition) is 2. The third-order valence-corrected chi connectivity index (χ3v) is 2.11. The summed E-state index contributed by atoms with van der Waals surface area (Å²) >= 11 is 0. The van der Waals surface area contributed by atoms with E-state index in [-0.39, 0.29) is 0 Å². The van der Waals surface area contributed by atoms with Crippen molar-refractivity contribution in [2.24, 2.45) is 0 Å². The molecular formula is C8H17NO. The quantitative estimate of drug-likeness (QED) is 0.587. The van der Waals surface area contributed by atoms with Gasteiger partial charge in [0.2, 0.25) is 0 Å². The van der Waals surface area contributed by atoms with Crippen LogP contribution in [0.5, 0.6) is 0 Å². The summed E-state index contributed by atoms with van der Waals surface area (Å²) in [6, 6.07) is 0.694. The van der Waals surface area contributed by atoms with Gasteiger partial charge in [-0.15, -0.1) is 0 Å². The van der Waals surface area contributed by atoms with Gasteiger partial charge in [-0.3, -0.25) is 0 Å². The Hall–Kier alpha value is -0.0800. The standard InChI is InChI=1S/C8H17NO/c1-3-5-9(2)8-4-6-10-7-8/h8H,3-7H2,1-2H3. The van der Waals surface area contributed by atoms with Gasteiger partial charge in [0, 0.05) is 12.6 Å². The summed E-state index contributed by atoms with van der Waals surface area (Å²) in [5.41, 5.74) is 0. The van der Waals surface area contributed by atoms with Crippen LogP contribution < -0.4 is 0 Å². The second kappa shape index (κ2) is 3.94. The SMILES string of the molecule is CCCN(C)C1CCOC1. The smallest absolute Gasteiger partial charge is 0.0622 e. The number of hydrogen-bond donors (Lipinski definition) is 0.